The van der Waals surface area contributed by atoms with Crippen molar-refractivity contribution in [3.63, 3.8) is 0 Å². The number of anilines is 1. The van der Waals surface area contributed by atoms with Crippen LogP contribution in [0.1, 0.15) is 50.8 Å². The predicted octanol–water partition coefficient (Wildman–Crippen LogP) is 1.23. The first-order valence-electron chi connectivity index (χ1n) is 9.26. The standard InChI is InChI=1S/C17H30N6O/c1-3-8-22-9-4-7-14(11-22)16(24)23-10-5-6-13(12-23)15-19-17(18)21(2)20-15/h13-14H,3-12H2,1-2H3,(H2,18,19,20). The number of hydrogen-bond acceptors (Lipinski definition) is 5. The summed E-state index contributed by atoms with van der Waals surface area (Å²) in [6.45, 7) is 6.95. The average Bonchev–Trinajstić information content (AvgIpc) is 2.94. The van der Waals surface area contributed by atoms with Crippen LogP contribution in [0.3, 0.4) is 0 Å². The largest absolute Gasteiger partial charge is 0.368 e. The summed E-state index contributed by atoms with van der Waals surface area (Å²) >= 11 is 0. The van der Waals surface area contributed by atoms with Gasteiger partial charge in [0.2, 0.25) is 11.9 Å². The summed E-state index contributed by atoms with van der Waals surface area (Å²) in [5.41, 5.74) is 5.81. The number of aromatic nitrogens is 3. The lowest BCUT2D eigenvalue weighted by Gasteiger charge is -2.37. The van der Waals surface area contributed by atoms with E-state index in [0.29, 0.717) is 11.9 Å². The zero-order chi connectivity index (χ0) is 17.1. The Labute approximate surface area is 144 Å². The molecule has 0 aromatic carbocycles. The van der Waals surface area contributed by atoms with E-state index in [0.717, 1.165) is 70.7 Å². The lowest BCUT2D eigenvalue weighted by atomic mass is 9.92. The van der Waals surface area contributed by atoms with Gasteiger partial charge in [-0.15, -0.1) is 0 Å². The molecule has 2 aliphatic heterocycles. The third kappa shape index (κ3) is 3.71. The van der Waals surface area contributed by atoms with Gasteiger partial charge >= 0.3 is 0 Å². The van der Waals surface area contributed by atoms with E-state index < -0.39 is 0 Å². The molecule has 2 unspecified atom stereocenters. The van der Waals surface area contributed by atoms with Crippen LogP contribution in [-0.4, -0.2) is 63.2 Å². The van der Waals surface area contributed by atoms with Gasteiger partial charge in [-0.3, -0.25) is 4.79 Å². The van der Waals surface area contributed by atoms with Gasteiger partial charge in [0.1, 0.15) is 0 Å². The van der Waals surface area contributed by atoms with E-state index in [4.69, 9.17) is 5.73 Å². The molecule has 1 aromatic rings. The van der Waals surface area contributed by atoms with Crippen LogP contribution >= 0.6 is 0 Å². The highest BCUT2D eigenvalue weighted by molar-refractivity contribution is 5.79. The highest BCUT2D eigenvalue weighted by Gasteiger charge is 2.33. The molecule has 2 N–H and O–H groups in total. The van der Waals surface area contributed by atoms with Crippen LogP contribution in [0.4, 0.5) is 5.95 Å². The normalized spacial score (nSPS) is 25.8. The van der Waals surface area contributed by atoms with Crippen LogP contribution in [0.2, 0.25) is 0 Å². The Hall–Kier alpha value is -1.63. The maximum absolute atomic E-state index is 13.0. The monoisotopic (exact) mass is 334 g/mol. The van der Waals surface area contributed by atoms with Crippen LogP contribution < -0.4 is 5.73 Å². The summed E-state index contributed by atoms with van der Waals surface area (Å²) in [7, 11) is 1.81. The lowest BCUT2D eigenvalue weighted by Crippen LogP contribution is -2.47. The Kier molecular flexibility index (Phi) is 5.38. The molecule has 2 fully saturated rings. The molecule has 2 atom stereocenters. The molecule has 3 heterocycles. The molecule has 2 saturated heterocycles. The van der Waals surface area contributed by atoms with E-state index >= 15 is 0 Å². The minimum atomic E-state index is 0.158. The molecule has 0 bridgehead atoms. The van der Waals surface area contributed by atoms with E-state index in [2.05, 4.69) is 21.9 Å². The first-order valence-corrected chi connectivity index (χ1v) is 9.26. The number of aryl methyl sites for hydroxylation is 1. The lowest BCUT2D eigenvalue weighted by molar-refractivity contribution is -0.138. The quantitative estimate of drug-likeness (QED) is 0.896. The second-order valence-electron chi connectivity index (χ2n) is 7.21. The molecule has 1 amide bonds. The first-order chi connectivity index (χ1) is 11.6. The van der Waals surface area contributed by atoms with Gasteiger partial charge in [0.25, 0.3) is 0 Å². The van der Waals surface area contributed by atoms with Gasteiger partial charge in [0, 0.05) is 32.6 Å². The average molecular weight is 334 g/mol. The summed E-state index contributed by atoms with van der Waals surface area (Å²) in [5, 5.41) is 4.41. The first kappa shape index (κ1) is 17.2. The second kappa shape index (κ2) is 7.51. The van der Waals surface area contributed by atoms with Crippen molar-refractivity contribution >= 4 is 11.9 Å². The van der Waals surface area contributed by atoms with Gasteiger partial charge in [0.15, 0.2) is 5.82 Å². The van der Waals surface area contributed by atoms with Crippen LogP contribution in [0.15, 0.2) is 0 Å². The molecular weight excluding hydrogens is 304 g/mol. The topological polar surface area (TPSA) is 80.3 Å². The van der Waals surface area contributed by atoms with E-state index in [1.807, 2.05) is 11.9 Å². The van der Waals surface area contributed by atoms with Crippen LogP contribution in [-0.2, 0) is 11.8 Å². The van der Waals surface area contributed by atoms with E-state index in [1.54, 1.807) is 4.68 Å². The minimum absolute atomic E-state index is 0.158. The summed E-state index contributed by atoms with van der Waals surface area (Å²) < 4.78 is 1.61. The third-order valence-electron chi connectivity index (χ3n) is 5.31. The van der Waals surface area contributed by atoms with E-state index in [-0.39, 0.29) is 11.8 Å². The zero-order valence-electron chi connectivity index (χ0n) is 14.9. The zero-order valence-corrected chi connectivity index (χ0v) is 14.9. The van der Waals surface area contributed by atoms with Crippen LogP contribution in [0.5, 0.6) is 0 Å². The number of nitrogens with zero attached hydrogens (tertiary/aromatic N) is 5. The molecule has 24 heavy (non-hydrogen) atoms. The highest BCUT2D eigenvalue weighted by atomic mass is 16.2. The van der Waals surface area contributed by atoms with Crippen molar-refractivity contribution < 1.29 is 4.79 Å². The number of nitrogen functional groups attached to an aromatic ring is 1. The smallest absolute Gasteiger partial charge is 0.226 e. The highest BCUT2D eigenvalue weighted by Crippen LogP contribution is 2.27. The molecular formula is C17H30N6O. The third-order valence-corrected chi connectivity index (χ3v) is 5.31. The SMILES string of the molecule is CCCN1CCCC(C(=O)N2CCCC(c3nc(N)n(C)n3)C2)C1. The molecule has 0 radical (unpaired) electrons. The number of carbonyl (C=O) groups is 1. The predicted molar refractivity (Wildman–Crippen MR) is 93.4 cm³/mol. The Balaban J connectivity index is 1.62. The molecule has 0 spiro atoms. The van der Waals surface area contributed by atoms with Gasteiger partial charge in [-0.05, 0) is 45.2 Å². The number of likely N-dealkylation sites (tertiary alicyclic amines) is 2. The van der Waals surface area contributed by atoms with Gasteiger partial charge < -0.3 is 15.5 Å². The van der Waals surface area contributed by atoms with Gasteiger partial charge in [0.05, 0.1) is 5.92 Å². The summed E-state index contributed by atoms with van der Waals surface area (Å²) in [6, 6.07) is 0. The van der Waals surface area contributed by atoms with Crippen molar-refractivity contribution in [1.82, 2.24) is 24.6 Å². The number of carbonyl (C=O) groups excluding carboxylic acids is 1. The molecule has 0 aliphatic carbocycles. The van der Waals surface area contributed by atoms with E-state index in [9.17, 15) is 4.79 Å². The summed E-state index contributed by atoms with van der Waals surface area (Å²) in [6.07, 6.45) is 5.35. The maximum Gasteiger partial charge on any atom is 0.226 e. The fourth-order valence-corrected chi connectivity index (χ4v) is 4.01. The van der Waals surface area contributed by atoms with E-state index in [1.165, 1.54) is 0 Å². The summed E-state index contributed by atoms with van der Waals surface area (Å²) in [4.78, 5) is 21.8. The van der Waals surface area contributed by atoms with Crippen molar-refractivity contribution in [3.05, 3.63) is 5.82 Å². The second-order valence-corrected chi connectivity index (χ2v) is 7.21. The van der Waals surface area contributed by atoms with Crippen molar-refractivity contribution in [3.8, 4) is 0 Å². The number of nitrogens with two attached hydrogens (primary N) is 1. The van der Waals surface area contributed by atoms with Crippen LogP contribution in [0, 0.1) is 5.92 Å². The van der Waals surface area contributed by atoms with Crippen molar-refractivity contribution in [1.29, 1.82) is 0 Å². The van der Waals surface area contributed by atoms with Gasteiger partial charge in [-0.25, -0.2) is 4.68 Å². The number of rotatable bonds is 4. The Bertz CT molecular complexity index is 550. The number of hydrogen-bond donors (Lipinski definition) is 1. The number of amides is 1. The maximum atomic E-state index is 13.0. The molecule has 3 rings (SSSR count). The molecule has 7 heteroatoms. The van der Waals surface area contributed by atoms with Gasteiger partial charge in [-0.2, -0.15) is 10.1 Å². The minimum Gasteiger partial charge on any atom is -0.368 e. The summed E-state index contributed by atoms with van der Waals surface area (Å²) in [5.74, 6) is 1.91. The molecule has 0 saturated carbocycles. The fourth-order valence-electron chi connectivity index (χ4n) is 4.01. The molecule has 2 aliphatic rings. The Morgan fingerprint density at radius 2 is 2.04 bits per heavy atom. The number of piperidine rings is 2. The van der Waals surface area contributed by atoms with Gasteiger partial charge in [-0.1, -0.05) is 6.92 Å². The van der Waals surface area contributed by atoms with Crippen molar-refractivity contribution in [2.45, 2.75) is 44.9 Å². The Morgan fingerprint density at radius 1 is 1.25 bits per heavy atom. The Morgan fingerprint density at radius 3 is 2.75 bits per heavy atom. The molecule has 7 nitrogen and oxygen atoms in total. The van der Waals surface area contributed by atoms with Crippen molar-refractivity contribution in [2.24, 2.45) is 13.0 Å². The molecule has 1 aromatic heterocycles. The van der Waals surface area contributed by atoms with Crippen LogP contribution in [0.25, 0.3) is 0 Å². The van der Waals surface area contributed by atoms with Crippen molar-refractivity contribution in [2.75, 3.05) is 38.5 Å². The molecule has 134 valence electrons. The fraction of sp³-hybridized carbons (Fsp3) is 0.824.